The van der Waals surface area contributed by atoms with Crippen molar-refractivity contribution in [3.8, 4) is 11.1 Å². The molecular weight excluding hydrogens is 463 g/mol. The number of nitrogens with zero attached hydrogens (tertiary/aromatic N) is 3. The average molecular weight is 489 g/mol. The first kappa shape index (κ1) is 23.9. The summed E-state index contributed by atoms with van der Waals surface area (Å²) in [6.45, 7) is 3.79. The van der Waals surface area contributed by atoms with E-state index in [4.69, 9.17) is 13.5 Å². The van der Waals surface area contributed by atoms with Gasteiger partial charge in [0.05, 0.1) is 25.2 Å². The summed E-state index contributed by atoms with van der Waals surface area (Å²) in [5, 5.41) is 4.08. The smallest absolute Gasteiger partial charge is 0.285 e. The molecule has 1 fully saturated rings. The minimum Gasteiger partial charge on any atom is -0.378 e. The van der Waals surface area contributed by atoms with Gasteiger partial charge in [0, 0.05) is 30.6 Å². The molecule has 34 heavy (non-hydrogen) atoms. The number of hydrogen-bond acceptors (Lipinski definition) is 7. The van der Waals surface area contributed by atoms with E-state index >= 15 is 0 Å². The quantitative estimate of drug-likeness (QED) is 0.320. The van der Waals surface area contributed by atoms with Crippen molar-refractivity contribution in [3.63, 3.8) is 0 Å². The highest BCUT2D eigenvalue weighted by atomic mass is 32.2. The van der Waals surface area contributed by atoms with Crippen LogP contribution in [0.15, 0.2) is 64.1 Å². The normalized spacial score (nSPS) is 15.9. The monoisotopic (exact) mass is 488 g/mol. The molecule has 3 aromatic rings. The number of guanidine groups is 1. The van der Waals surface area contributed by atoms with E-state index < -0.39 is 10.1 Å². The number of ether oxygens (including phenoxy) is 1. The fraction of sp³-hybridized carbons (Fsp3) is 0.304. The van der Waals surface area contributed by atoms with Crippen LogP contribution in [-0.4, -0.2) is 57.0 Å². The maximum absolute atomic E-state index is 14.8. The zero-order valence-electron chi connectivity index (χ0n) is 18.8. The van der Waals surface area contributed by atoms with E-state index in [9.17, 15) is 12.8 Å². The van der Waals surface area contributed by atoms with Crippen LogP contribution in [0.25, 0.3) is 11.1 Å². The topological polar surface area (TPSA) is 106 Å². The van der Waals surface area contributed by atoms with E-state index in [2.05, 4.69) is 15.6 Å². The largest absolute Gasteiger partial charge is 0.378 e. The fourth-order valence-corrected chi connectivity index (χ4v) is 3.74. The lowest BCUT2D eigenvalue weighted by atomic mass is 9.95. The molecule has 180 valence electrons. The van der Waals surface area contributed by atoms with Crippen LogP contribution < -0.4 is 5.48 Å². The Hall–Kier alpha value is -3.28. The van der Waals surface area contributed by atoms with Gasteiger partial charge in [-0.1, -0.05) is 54.5 Å². The van der Waals surface area contributed by atoms with Crippen LogP contribution in [0.3, 0.4) is 0 Å². The van der Waals surface area contributed by atoms with E-state index in [0.29, 0.717) is 37.6 Å². The molecule has 0 bridgehead atoms. The van der Waals surface area contributed by atoms with E-state index in [1.807, 2.05) is 43.3 Å². The molecule has 1 atom stereocenters. The van der Waals surface area contributed by atoms with Gasteiger partial charge in [-0.25, -0.2) is 9.87 Å². The molecule has 1 aromatic heterocycles. The van der Waals surface area contributed by atoms with Crippen molar-refractivity contribution < 1.29 is 26.4 Å². The number of rotatable bonds is 6. The van der Waals surface area contributed by atoms with Crippen molar-refractivity contribution in [2.45, 2.75) is 12.8 Å². The summed E-state index contributed by atoms with van der Waals surface area (Å²) in [5.74, 6) is -0.287. The van der Waals surface area contributed by atoms with Crippen molar-refractivity contribution in [2.24, 2.45) is 4.99 Å². The molecule has 0 spiro atoms. The molecule has 4 rings (SSSR count). The Balaban J connectivity index is 1.55. The lowest BCUT2D eigenvalue weighted by Gasteiger charge is -2.29. The second-order valence-corrected chi connectivity index (χ2v) is 9.42. The minimum atomic E-state index is -3.75. The minimum absolute atomic E-state index is 0.148. The second kappa shape index (κ2) is 10.3. The van der Waals surface area contributed by atoms with E-state index in [0.717, 1.165) is 17.4 Å². The van der Waals surface area contributed by atoms with Gasteiger partial charge in [-0.05, 0) is 17.2 Å². The van der Waals surface area contributed by atoms with Crippen LogP contribution in [0.5, 0.6) is 0 Å². The Bertz CT molecular complexity index is 1260. The molecule has 11 heteroatoms. The maximum Gasteiger partial charge on any atom is 0.285 e. The third kappa shape index (κ3) is 5.99. The molecular formula is C23H25FN4O5S. The molecule has 1 saturated heterocycles. The van der Waals surface area contributed by atoms with Crippen LogP contribution in [0.2, 0.25) is 0 Å². The lowest BCUT2D eigenvalue weighted by Crippen LogP contribution is -2.47. The molecule has 0 amide bonds. The third-order valence-corrected chi connectivity index (χ3v) is 5.73. The Morgan fingerprint density at radius 3 is 2.59 bits per heavy atom. The van der Waals surface area contributed by atoms with Gasteiger partial charge < -0.3 is 14.2 Å². The Kier molecular flexibility index (Phi) is 7.25. The molecule has 2 aromatic carbocycles. The fourth-order valence-electron chi connectivity index (χ4n) is 3.51. The molecule has 0 radical (unpaired) electrons. The first-order valence-corrected chi connectivity index (χ1v) is 12.5. The van der Waals surface area contributed by atoms with Crippen LogP contribution in [0, 0.1) is 5.82 Å². The van der Waals surface area contributed by atoms with Crippen LogP contribution in [0.1, 0.15) is 24.1 Å². The van der Waals surface area contributed by atoms with Crippen molar-refractivity contribution >= 4 is 22.0 Å². The number of halogens is 1. The molecule has 1 N–H and O–H groups in total. The summed E-state index contributed by atoms with van der Waals surface area (Å²) < 4.78 is 53.0. The SMILES string of the molecule is CC(c1ccc(-c2ccccc2)c(F)c1)c1cc(N=C(NOS(C)(=O)=O)N2CCOCC2)on1. The van der Waals surface area contributed by atoms with Gasteiger partial charge >= 0.3 is 0 Å². The lowest BCUT2D eigenvalue weighted by molar-refractivity contribution is 0.0628. The average Bonchev–Trinajstić information content (AvgIpc) is 3.30. The number of aromatic nitrogens is 1. The predicted molar refractivity (Wildman–Crippen MR) is 124 cm³/mol. The van der Waals surface area contributed by atoms with E-state index in [1.54, 1.807) is 17.0 Å². The van der Waals surface area contributed by atoms with E-state index in [-0.39, 0.29) is 23.6 Å². The molecule has 2 heterocycles. The number of hydrogen-bond donors (Lipinski definition) is 1. The number of aliphatic imine (C=N–C) groups is 1. The second-order valence-electron chi connectivity index (χ2n) is 7.84. The highest BCUT2D eigenvalue weighted by Crippen LogP contribution is 2.30. The first-order chi connectivity index (χ1) is 16.3. The predicted octanol–water partition coefficient (Wildman–Crippen LogP) is 3.43. The van der Waals surface area contributed by atoms with E-state index in [1.165, 1.54) is 6.07 Å². The van der Waals surface area contributed by atoms with Crippen LogP contribution >= 0.6 is 0 Å². The van der Waals surface area contributed by atoms with Gasteiger partial charge in [0.2, 0.25) is 5.96 Å². The summed E-state index contributed by atoms with van der Waals surface area (Å²) >= 11 is 0. The van der Waals surface area contributed by atoms with Crippen LogP contribution in [-0.2, 0) is 19.1 Å². The molecule has 1 aliphatic heterocycles. The van der Waals surface area contributed by atoms with Crippen molar-refractivity contribution in [1.29, 1.82) is 0 Å². The maximum atomic E-state index is 14.8. The Morgan fingerprint density at radius 1 is 1.18 bits per heavy atom. The zero-order valence-corrected chi connectivity index (χ0v) is 19.6. The first-order valence-electron chi connectivity index (χ1n) is 10.7. The standard InChI is InChI=1S/C23H25FN4O5S/c1-16(18-8-9-19(20(24)14-18)17-6-4-3-5-7-17)21-15-22(32-26-21)25-23(27-33-34(2,29)30)28-10-12-31-13-11-28/h3-9,14-16H,10-13H2,1-2H3,(H,25,27). The zero-order chi connectivity index (χ0) is 24.1. The number of benzene rings is 2. The molecule has 1 unspecified atom stereocenters. The molecule has 0 saturated carbocycles. The van der Waals surface area contributed by atoms with Gasteiger partial charge in [0.25, 0.3) is 16.0 Å². The summed E-state index contributed by atoms with van der Waals surface area (Å²) in [5.41, 5.74) is 4.98. The van der Waals surface area contributed by atoms with Gasteiger partial charge in [-0.15, -0.1) is 4.28 Å². The summed E-state index contributed by atoms with van der Waals surface area (Å²) in [7, 11) is -3.75. The Labute approximate surface area is 197 Å². The number of hydroxylamine groups is 1. The van der Waals surface area contributed by atoms with Crippen molar-refractivity contribution in [2.75, 3.05) is 32.6 Å². The summed E-state index contributed by atoms with van der Waals surface area (Å²) in [4.78, 5) is 6.11. The Morgan fingerprint density at radius 2 is 1.91 bits per heavy atom. The number of morpholine rings is 1. The van der Waals surface area contributed by atoms with Gasteiger partial charge in [-0.3, -0.25) is 0 Å². The number of nitrogens with one attached hydrogen (secondary N) is 1. The van der Waals surface area contributed by atoms with Crippen LogP contribution in [0.4, 0.5) is 10.3 Å². The molecule has 9 nitrogen and oxygen atoms in total. The highest BCUT2D eigenvalue weighted by Gasteiger charge is 2.20. The van der Waals surface area contributed by atoms with Gasteiger partial charge in [-0.2, -0.15) is 13.4 Å². The molecule has 1 aliphatic rings. The third-order valence-electron chi connectivity index (χ3n) is 5.35. The molecule has 0 aliphatic carbocycles. The summed E-state index contributed by atoms with van der Waals surface area (Å²) in [6, 6.07) is 16.0. The van der Waals surface area contributed by atoms with Crippen molar-refractivity contribution in [1.82, 2.24) is 15.5 Å². The van der Waals surface area contributed by atoms with Crippen molar-refractivity contribution in [3.05, 3.63) is 71.7 Å². The highest BCUT2D eigenvalue weighted by molar-refractivity contribution is 7.85. The van der Waals surface area contributed by atoms with Gasteiger partial charge in [0.1, 0.15) is 5.82 Å². The van der Waals surface area contributed by atoms with Gasteiger partial charge in [0.15, 0.2) is 0 Å². The summed E-state index contributed by atoms with van der Waals surface area (Å²) in [6.07, 6.45) is 0.924.